The Bertz CT molecular complexity index is 1130. The summed E-state index contributed by atoms with van der Waals surface area (Å²) in [5, 5.41) is 11.5. The molecule has 3 aromatic rings. The van der Waals surface area contributed by atoms with Crippen LogP contribution >= 0.6 is 0 Å². The highest BCUT2D eigenvalue weighted by Crippen LogP contribution is 2.37. The Morgan fingerprint density at radius 2 is 1.77 bits per heavy atom. The molecular formula is C27H25O4-. The van der Waals surface area contributed by atoms with Crippen LogP contribution in [0.15, 0.2) is 66.7 Å². The van der Waals surface area contributed by atoms with Gasteiger partial charge in [-0.1, -0.05) is 50.2 Å². The highest BCUT2D eigenvalue weighted by atomic mass is 16.5. The second kappa shape index (κ2) is 8.38. The van der Waals surface area contributed by atoms with Crippen molar-refractivity contribution in [2.24, 2.45) is 0 Å². The first-order valence-electron chi connectivity index (χ1n) is 10.6. The van der Waals surface area contributed by atoms with Crippen LogP contribution in [0.3, 0.4) is 0 Å². The number of benzene rings is 3. The van der Waals surface area contributed by atoms with Crippen LogP contribution in [0.1, 0.15) is 69.7 Å². The molecular weight excluding hydrogens is 388 g/mol. The van der Waals surface area contributed by atoms with Gasteiger partial charge >= 0.3 is 5.97 Å². The number of carbonyl (C=O) groups excluding carboxylic acids is 2. The predicted octanol–water partition coefficient (Wildman–Crippen LogP) is 4.47. The van der Waals surface area contributed by atoms with Crippen LogP contribution < -0.4 is 9.84 Å². The molecule has 0 saturated carbocycles. The first kappa shape index (κ1) is 20.9. The van der Waals surface area contributed by atoms with Gasteiger partial charge in [-0.3, -0.25) is 0 Å². The van der Waals surface area contributed by atoms with Gasteiger partial charge in [-0.15, -0.1) is 0 Å². The van der Waals surface area contributed by atoms with Gasteiger partial charge in [0.1, 0.15) is 5.75 Å². The van der Waals surface area contributed by atoms with Gasteiger partial charge in [0.25, 0.3) is 0 Å². The molecule has 4 heteroatoms. The van der Waals surface area contributed by atoms with E-state index in [4.69, 9.17) is 4.74 Å². The summed E-state index contributed by atoms with van der Waals surface area (Å²) in [6.07, 6.45) is 3.68. The zero-order valence-corrected chi connectivity index (χ0v) is 17.8. The fraction of sp³-hybridized carbons (Fsp3) is 0.259. The van der Waals surface area contributed by atoms with E-state index in [1.165, 1.54) is 23.3 Å². The van der Waals surface area contributed by atoms with E-state index >= 15 is 0 Å². The van der Waals surface area contributed by atoms with Crippen molar-refractivity contribution in [1.29, 1.82) is 0 Å². The van der Waals surface area contributed by atoms with E-state index in [9.17, 15) is 14.7 Å². The van der Waals surface area contributed by atoms with Gasteiger partial charge in [0.15, 0.2) is 0 Å². The first-order chi connectivity index (χ1) is 14.8. The van der Waals surface area contributed by atoms with Crippen LogP contribution in [0.2, 0.25) is 0 Å². The van der Waals surface area contributed by atoms with Crippen molar-refractivity contribution in [1.82, 2.24) is 0 Å². The maximum absolute atomic E-state index is 12.8. The van der Waals surface area contributed by atoms with Gasteiger partial charge in [0.05, 0.1) is 11.5 Å². The van der Waals surface area contributed by atoms with Crippen molar-refractivity contribution in [3.05, 3.63) is 100 Å². The lowest BCUT2D eigenvalue weighted by Gasteiger charge is -2.32. The SMILES string of the molecule is CC1(C)CCCc2ccc(C(=O)Oc3ccc(C(=O)[O-])c(Cc4ccccc4)c3)cc21. The lowest BCUT2D eigenvalue weighted by Crippen LogP contribution is -2.25. The largest absolute Gasteiger partial charge is 0.545 e. The lowest BCUT2D eigenvalue weighted by molar-refractivity contribution is -0.255. The molecule has 0 spiro atoms. The van der Waals surface area contributed by atoms with Crippen molar-refractivity contribution in [3.63, 3.8) is 0 Å². The number of carbonyl (C=O) groups is 2. The summed E-state index contributed by atoms with van der Waals surface area (Å²) in [6, 6.07) is 19.9. The van der Waals surface area contributed by atoms with Crippen LogP contribution in [-0.4, -0.2) is 11.9 Å². The minimum absolute atomic E-state index is 0.0306. The average molecular weight is 413 g/mol. The zero-order chi connectivity index (χ0) is 22.0. The Morgan fingerprint density at radius 3 is 2.52 bits per heavy atom. The normalized spacial score (nSPS) is 14.5. The molecule has 3 aromatic carbocycles. The highest BCUT2D eigenvalue weighted by molar-refractivity contribution is 5.92. The molecule has 0 atom stereocenters. The van der Waals surface area contributed by atoms with E-state index in [0.29, 0.717) is 23.3 Å². The molecule has 0 aliphatic heterocycles. The molecule has 0 bridgehead atoms. The number of carboxylic acid groups (broad SMARTS) is 1. The molecule has 0 N–H and O–H groups in total. The molecule has 4 rings (SSSR count). The fourth-order valence-electron chi connectivity index (χ4n) is 4.37. The molecule has 4 nitrogen and oxygen atoms in total. The summed E-state index contributed by atoms with van der Waals surface area (Å²) in [6.45, 7) is 4.41. The third kappa shape index (κ3) is 4.53. The van der Waals surface area contributed by atoms with Gasteiger partial charge < -0.3 is 14.6 Å². The van der Waals surface area contributed by atoms with Gasteiger partial charge in [0, 0.05) is 5.56 Å². The quantitative estimate of drug-likeness (QED) is 0.457. The molecule has 158 valence electrons. The zero-order valence-electron chi connectivity index (χ0n) is 17.8. The predicted molar refractivity (Wildman–Crippen MR) is 117 cm³/mol. The average Bonchev–Trinajstić information content (AvgIpc) is 2.74. The van der Waals surface area contributed by atoms with Gasteiger partial charge in [-0.2, -0.15) is 0 Å². The highest BCUT2D eigenvalue weighted by Gasteiger charge is 2.28. The Kier molecular flexibility index (Phi) is 5.64. The molecule has 0 saturated heterocycles. The number of rotatable bonds is 5. The Balaban J connectivity index is 1.60. The number of ether oxygens (including phenoxy) is 1. The number of aromatic carboxylic acids is 1. The van der Waals surface area contributed by atoms with Crippen LogP contribution in [0.25, 0.3) is 0 Å². The molecule has 1 aliphatic rings. The molecule has 0 amide bonds. The standard InChI is InChI=1S/C27H26O4/c1-27(2)14-6-9-19-10-11-20(17-24(19)27)26(30)31-22-12-13-23(25(28)29)21(16-22)15-18-7-4-3-5-8-18/h3-5,7-8,10-13,16-17H,6,9,14-15H2,1-2H3,(H,28,29)/p-1. The molecule has 1 aliphatic carbocycles. The van der Waals surface area contributed by atoms with Crippen LogP contribution in [0.4, 0.5) is 0 Å². The summed E-state index contributed by atoms with van der Waals surface area (Å²) >= 11 is 0. The summed E-state index contributed by atoms with van der Waals surface area (Å²) in [7, 11) is 0. The number of hydrogen-bond acceptors (Lipinski definition) is 4. The molecule has 0 fully saturated rings. The second-order valence-electron chi connectivity index (χ2n) is 8.77. The Labute approximate surface area is 182 Å². The Hall–Kier alpha value is -3.40. The smallest absolute Gasteiger partial charge is 0.343 e. The monoisotopic (exact) mass is 413 g/mol. The summed E-state index contributed by atoms with van der Waals surface area (Å²) in [4.78, 5) is 24.4. The second-order valence-corrected chi connectivity index (χ2v) is 8.77. The minimum atomic E-state index is -1.25. The van der Waals surface area contributed by atoms with E-state index in [0.717, 1.165) is 24.8 Å². The fourth-order valence-corrected chi connectivity index (χ4v) is 4.37. The van der Waals surface area contributed by atoms with E-state index in [1.807, 2.05) is 48.5 Å². The van der Waals surface area contributed by atoms with E-state index in [1.54, 1.807) is 6.07 Å². The van der Waals surface area contributed by atoms with E-state index in [-0.39, 0.29) is 11.0 Å². The van der Waals surface area contributed by atoms with Crippen LogP contribution in [-0.2, 0) is 18.3 Å². The van der Waals surface area contributed by atoms with Gasteiger partial charge in [-0.05, 0) is 83.7 Å². The first-order valence-corrected chi connectivity index (χ1v) is 10.6. The maximum atomic E-state index is 12.8. The Morgan fingerprint density at radius 1 is 1.00 bits per heavy atom. The van der Waals surface area contributed by atoms with E-state index in [2.05, 4.69) is 13.8 Å². The number of hydrogen-bond donors (Lipinski definition) is 0. The third-order valence-corrected chi connectivity index (χ3v) is 6.07. The molecule has 0 heterocycles. The topological polar surface area (TPSA) is 66.4 Å². The number of carboxylic acids is 1. The van der Waals surface area contributed by atoms with Crippen LogP contribution in [0.5, 0.6) is 5.75 Å². The molecule has 31 heavy (non-hydrogen) atoms. The number of esters is 1. The van der Waals surface area contributed by atoms with Crippen LogP contribution in [0, 0.1) is 0 Å². The molecule has 0 aromatic heterocycles. The molecule has 0 unspecified atom stereocenters. The molecule has 0 radical (unpaired) electrons. The summed E-state index contributed by atoms with van der Waals surface area (Å²) < 4.78 is 5.62. The lowest BCUT2D eigenvalue weighted by atomic mass is 9.72. The number of aryl methyl sites for hydroxylation is 1. The summed E-state index contributed by atoms with van der Waals surface area (Å²) in [5.41, 5.74) is 4.62. The minimum Gasteiger partial charge on any atom is -0.545 e. The van der Waals surface area contributed by atoms with Crippen molar-refractivity contribution < 1.29 is 19.4 Å². The van der Waals surface area contributed by atoms with Crippen molar-refractivity contribution in [2.45, 2.75) is 44.9 Å². The van der Waals surface area contributed by atoms with Gasteiger partial charge in [-0.25, -0.2) is 4.79 Å². The van der Waals surface area contributed by atoms with Gasteiger partial charge in [0.2, 0.25) is 0 Å². The van der Waals surface area contributed by atoms with Crippen molar-refractivity contribution in [2.75, 3.05) is 0 Å². The summed E-state index contributed by atoms with van der Waals surface area (Å²) in [5.74, 6) is -1.38. The van der Waals surface area contributed by atoms with Crippen molar-refractivity contribution in [3.8, 4) is 5.75 Å². The maximum Gasteiger partial charge on any atom is 0.343 e. The third-order valence-electron chi connectivity index (χ3n) is 6.07. The van der Waals surface area contributed by atoms with Crippen molar-refractivity contribution >= 4 is 11.9 Å². The van der Waals surface area contributed by atoms with E-state index < -0.39 is 11.9 Å². The number of fused-ring (bicyclic) bond motifs is 1.